The zero-order valence-electron chi connectivity index (χ0n) is 20.3. The van der Waals surface area contributed by atoms with Crippen molar-refractivity contribution in [2.75, 3.05) is 13.1 Å². The summed E-state index contributed by atoms with van der Waals surface area (Å²) in [5, 5.41) is 5.44. The molecule has 0 aromatic heterocycles. The van der Waals surface area contributed by atoms with Crippen LogP contribution < -0.4 is 5.32 Å². The topological polar surface area (TPSA) is 32.3 Å². The molecule has 0 aliphatic carbocycles. The number of benzene rings is 3. The van der Waals surface area contributed by atoms with E-state index in [1.54, 1.807) is 6.07 Å². The van der Waals surface area contributed by atoms with E-state index in [9.17, 15) is 9.18 Å². The smallest absolute Gasteiger partial charge is 0.223 e. The van der Waals surface area contributed by atoms with Crippen molar-refractivity contribution in [3.05, 3.63) is 83.2 Å². The maximum absolute atomic E-state index is 13.4. The molecule has 1 aliphatic heterocycles. The molecule has 1 fully saturated rings. The minimum Gasteiger partial charge on any atom is -0.352 e. The van der Waals surface area contributed by atoms with E-state index in [1.165, 1.54) is 28.5 Å². The average Bonchev–Trinajstić information content (AvgIpc) is 2.85. The van der Waals surface area contributed by atoms with Gasteiger partial charge >= 0.3 is 0 Å². The minimum absolute atomic E-state index is 0.00226. The zero-order valence-corrected chi connectivity index (χ0v) is 20.3. The maximum Gasteiger partial charge on any atom is 0.223 e. The Hall–Kier alpha value is -3.16. The molecule has 3 aromatic carbocycles. The van der Waals surface area contributed by atoms with Crippen molar-refractivity contribution in [1.29, 1.82) is 0 Å². The van der Waals surface area contributed by atoms with Gasteiger partial charge in [0.25, 0.3) is 0 Å². The molecule has 3 nitrogen and oxygen atoms in total. The number of nitrogens with one attached hydrogen (secondary N) is 1. The summed E-state index contributed by atoms with van der Waals surface area (Å²) in [4.78, 5) is 15.2. The highest BCUT2D eigenvalue weighted by Gasteiger charge is 2.28. The summed E-state index contributed by atoms with van der Waals surface area (Å²) in [6.07, 6.45) is 1.66. The second-order valence-electron chi connectivity index (χ2n) is 9.51. The van der Waals surface area contributed by atoms with Gasteiger partial charge in [0.05, 0.1) is 0 Å². The van der Waals surface area contributed by atoms with Crippen LogP contribution >= 0.6 is 0 Å². The van der Waals surface area contributed by atoms with Crippen LogP contribution in [0.3, 0.4) is 0 Å². The van der Waals surface area contributed by atoms with Crippen molar-refractivity contribution >= 4 is 16.7 Å². The predicted octanol–water partition coefficient (Wildman–Crippen LogP) is 6.08. The van der Waals surface area contributed by atoms with Crippen molar-refractivity contribution in [2.45, 2.75) is 46.2 Å². The first-order valence-corrected chi connectivity index (χ1v) is 12.2. The van der Waals surface area contributed by atoms with E-state index in [0.717, 1.165) is 37.1 Å². The van der Waals surface area contributed by atoms with Gasteiger partial charge in [-0.05, 0) is 73.0 Å². The van der Waals surface area contributed by atoms with Crippen molar-refractivity contribution in [1.82, 2.24) is 10.2 Å². The lowest BCUT2D eigenvalue weighted by atomic mass is 9.91. The maximum atomic E-state index is 13.4. The van der Waals surface area contributed by atoms with Crippen LogP contribution in [0.5, 0.6) is 0 Å². The molecule has 4 heteroatoms. The summed E-state index contributed by atoms with van der Waals surface area (Å²) in [7, 11) is 0. The van der Waals surface area contributed by atoms with Crippen LogP contribution in [-0.2, 0) is 11.3 Å². The Morgan fingerprint density at radius 1 is 1.03 bits per heavy atom. The number of carbonyl (C=O) groups excluding carboxylic acids is 1. The number of halogens is 1. The number of hydrogen-bond donors (Lipinski definition) is 1. The van der Waals surface area contributed by atoms with E-state index in [-0.39, 0.29) is 23.7 Å². The lowest BCUT2D eigenvalue weighted by Crippen LogP contribution is -2.41. The standard InChI is InChI=1S/C30H33FN2O/c1-21(2)11-12-24-13-14-27(29-10-5-4-9-28(24)29)22(3)33-17-15-25(16-18-33)30(34)32-20-23-7-6-8-26(31)19-23/h4-10,13-14,19,21-22,25H,15-18,20H2,1-3H3,(H,32,34). The van der Waals surface area contributed by atoms with Crippen LogP contribution in [0.25, 0.3) is 10.8 Å². The van der Waals surface area contributed by atoms with E-state index in [4.69, 9.17) is 0 Å². The highest BCUT2D eigenvalue weighted by atomic mass is 19.1. The van der Waals surface area contributed by atoms with Gasteiger partial charge in [0.15, 0.2) is 0 Å². The monoisotopic (exact) mass is 456 g/mol. The number of amides is 1. The zero-order chi connectivity index (χ0) is 24.1. The lowest BCUT2D eigenvalue weighted by Gasteiger charge is -2.36. The van der Waals surface area contributed by atoms with Gasteiger partial charge in [-0.1, -0.05) is 68.2 Å². The van der Waals surface area contributed by atoms with Crippen LogP contribution in [0, 0.1) is 29.5 Å². The van der Waals surface area contributed by atoms with Crippen LogP contribution in [0.1, 0.15) is 56.3 Å². The average molecular weight is 457 g/mol. The number of rotatable bonds is 5. The fourth-order valence-electron chi connectivity index (χ4n) is 4.74. The molecule has 0 spiro atoms. The lowest BCUT2D eigenvalue weighted by molar-refractivity contribution is -0.126. The Morgan fingerprint density at radius 2 is 1.76 bits per heavy atom. The first-order valence-electron chi connectivity index (χ1n) is 12.2. The van der Waals surface area contributed by atoms with Crippen LogP contribution in [0.2, 0.25) is 0 Å². The van der Waals surface area contributed by atoms with E-state index < -0.39 is 0 Å². The van der Waals surface area contributed by atoms with Gasteiger partial charge < -0.3 is 5.32 Å². The molecule has 1 saturated heterocycles. The number of likely N-dealkylation sites (tertiary alicyclic amines) is 1. The summed E-state index contributed by atoms with van der Waals surface area (Å²) >= 11 is 0. The molecule has 0 bridgehead atoms. The quantitative estimate of drug-likeness (QED) is 0.472. The molecule has 1 N–H and O–H groups in total. The number of nitrogens with zero attached hydrogens (tertiary/aromatic N) is 1. The van der Waals surface area contributed by atoms with Crippen molar-refractivity contribution in [3.8, 4) is 11.8 Å². The third-order valence-corrected chi connectivity index (χ3v) is 6.71. The number of fused-ring (bicyclic) bond motifs is 1. The van der Waals surface area contributed by atoms with E-state index in [2.05, 4.69) is 79.2 Å². The molecule has 1 atom stereocenters. The Morgan fingerprint density at radius 3 is 2.47 bits per heavy atom. The van der Waals surface area contributed by atoms with Crippen LogP contribution in [0.4, 0.5) is 4.39 Å². The Labute approximate surface area is 202 Å². The molecule has 0 radical (unpaired) electrons. The summed E-state index contributed by atoms with van der Waals surface area (Å²) in [6.45, 7) is 8.59. The molecule has 1 amide bonds. The fraction of sp³-hybridized carbons (Fsp3) is 0.367. The second kappa shape index (κ2) is 10.8. The molecular weight excluding hydrogens is 423 g/mol. The fourth-order valence-corrected chi connectivity index (χ4v) is 4.74. The van der Waals surface area contributed by atoms with Crippen molar-refractivity contribution in [3.63, 3.8) is 0 Å². The van der Waals surface area contributed by atoms with Crippen molar-refractivity contribution < 1.29 is 9.18 Å². The van der Waals surface area contributed by atoms with Gasteiger partial charge in [0, 0.05) is 30.0 Å². The van der Waals surface area contributed by atoms with Gasteiger partial charge in [-0.15, -0.1) is 0 Å². The SMILES string of the molecule is CC(C)C#Cc1ccc(C(C)N2CCC(C(=O)NCc3cccc(F)c3)CC2)c2ccccc12. The molecule has 1 unspecified atom stereocenters. The molecule has 3 aromatic rings. The van der Waals surface area contributed by atoms with Gasteiger partial charge in [-0.3, -0.25) is 9.69 Å². The molecule has 1 heterocycles. The molecule has 4 rings (SSSR count). The molecule has 176 valence electrons. The third kappa shape index (κ3) is 5.66. The summed E-state index contributed by atoms with van der Waals surface area (Å²) < 4.78 is 13.4. The molecular formula is C30H33FN2O. The molecule has 1 aliphatic rings. The largest absolute Gasteiger partial charge is 0.352 e. The van der Waals surface area contributed by atoms with Crippen LogP contribution in [-0.4, -0.2) is 23.9 Å². The van der Waals surface area contributed by atoms with Gasteiger partial charge in [0.1, 0.15) is 5.82 Å². The van der Waals surface area contributed by atoms with E-state index >= 15 is 0 Å². The number of carbonyl (C=O) groups is 1. The summed E-state index contributed by atoms with van der Waals surface area (Å²) in [5.74, 6) is 6.77. The van der Waals surface area contributed by atoms with Gasteiger partial charge in [-0.2, -0.15) is 0 Å². The third-order valence-electron chi connectivity index (χ3n) is 6.71. The first-order chi connectivity index (χ1) is 16.4. The van der Waals surface area contributed by atoms with E-state index in [0.29, 0.717) is 12.5 Å². The number of hydrogen-bond acceptors (Lipinski definition) is 2. The summed E-state index contributed by atoms with van der Waals surface area (Å²) in [5.41, 5.74) is 3.17. The van der Waals surface area contributed by atoms with Crippen molar-refractivity contribution in [2.24, 2.45) is 11.8 Å². The molecule has 34 heavy (non-hydrogen) atoms. The van der Waals surface area contributed by atoms with Gasteiger partial charge in [0.2, 0.25) is 5.91 Å². The number of piperidine rings is 1. The minimum atomic E-state index is -0.276. The first kappa shape index (κ1) is 24.0. The Balaban J connectivity index is 1.40. The van der Waals surface area contributed by atoms with E-state index in [1.807, 2.05) is 6.07 Å². The Bertz CT molecular complexity index is 1220. The molecule has 0 saturated carbocycles. The highest BCUT2D eigenvalue weighted by Crippen LogP contribution is 2.32. The van der Waals surface area contributed by atoms with Crippen LogP contribution in [0.15, 0.2) is 60.7 Å². The normalized spacial score (nSPS) is 15.7. The van der Waals surface area contributed by atoms with Gasteiger partial charge in [-0.25, -0.2) is 4.39 Å². The highest BCUT2D eigenvalue weighted by molar-refractivity contribution is 5.91. The summed E-state index contributed by atoms with van der Waals surface area (Å²) in [6, 6.07) is 19.5. The predicted molar refractivity (Wildman–Crippen MR) is 137 cm³/mol. The second-order valence-corrected chi connectivity index (χ2v) is 9.51. The Kier molecular flexibility index (Phi) is 7.65.